The van der Waals surface area contributed by atoms with Gasteiger partial charge in [0.1, 0.15) is 0 Å². The molecule has 2 aromatic rings. The molecular weight excluding hydrogens is 267 g/mol. The van der Waals surface area contributed by atoms with E-state index in [1.165, 1.54) is 0 Å². The summed E-state index contributed by atoms with van der Waals surface area (Å²) in [6, 6.07) is 13.1. The van der Waals surface area contributed by atoms with Crippen molar-refractivity contribution in [2.45, 2.75) is 19.4 Å². The fourth-order valence-electron chi connectivity index (χ4n) is 1.94. The summed E-state index contributed by atoms with van der Waals surface area (Å²) in [7, 11) is 0. The summed E-state index contributed by atoms with van der Waals surface area (Å²) in [6.07, 6.45) is 0.00288. The summed E-state index contributed by atoms with van der Waals surface area (Å²) in [5, 5.41) is 11.6. The molecule has 1 unspecified atom stereocenters. The Morgan fingerprint density at radius 2 is 1.72 bits per heavy atom. The van der Waals surface area contributed by atoms with E-state index in [4.69, 9.17) is 23.2 Å². The molecule has 1 nitrogen and oxygen atoms in total. The van der Waals surface area contributed by atoms with E-state index in [1.54, 1.807) is 0 Å². The van der Waals surface area contributed by atoms with Crippen LogP contribution in [0.2, 0.25) is 10.0 Å². The summed E-state index contributed by atoms with van der Waals surface area (Å²) in [5.41, 5.74) is 2.85. The van der Waals surface area contributed by atoms with Gasteiger partial charge in [0.25, 0.3) is 0 Å². The molecule has 94 valence electrons. The average Bonchev–Trinajstić information content (AvgIpc) is 2.35. The molecule has 0 saturated carbocycles. The van der Waals surface area contributed by atoms with Crippen molar-refractivity contribution in [1.29, 1.82) is 0 Å². The van der Waals surface area contributed by atoms with Crippen LogP contribution in [0.3, 0.4) is 0 Å². The maximum Gasteiger partial charge on any atom is 0.0833 e. The molecule has 3 heteroatoms. The van der Waals surface area contributed by atoms with Crippen LogP contribution in [0.25, 0.3) is 0 Å². The molecule has 2 rings (SSSR count). The predicted molar refractivity (Wildman–Crippen MR) is 76.3 cm³/mol. The second-order valence-corrected chi connectivity index (χ2v) is 5.14. The molecule has 0 amide bonds. The molecule has 0 aliphatic rings. The van der Waals surface area contributed by atoms with Gasteiger partial charge in [-0.15, -0.1) is 0 Å². The minimum atomic E-state index is -0.551. The van der Waals surface area contributed by atoms with Crippen LogP contribution in [-0.2, 0) is 6.42 Å². The highest BCUT2D eigenvalue weighted by atomic mass is 35.5. The maximum absolute atomic E-state index is 10.3. The van der Waals surface area contributed by atoms with E-state index in [0.29, 0.717) is 16.5 Å². The SMILES string of the molecule is Cc1c(Cl)cccc1C(O)Cc1ccc(Cl)cc1. The molecule has 0 fully saturated rings. The molecular formula is C15H14Cl2O. The van der Waals surface area contributed by atoms with Crippen LogP contribution in [0, 0.1) is 6.92 Å². The van der Waals surface area contributed by atoms with Crippen LogP contribution in [0.5, 0.6) is 0 Å². The zero-order valence-electron chi connectivity index (χ0n) is 10.0. The lowest BCUT2D eigenvalue weighted by atomic mass is 9.98. The summed E-state index contributed by atoms with van der Waals surface area (Å²) >= 11 is 11.9. The van der Waals surface area contributed by atoms with E-state index in [1.807, 2.05) is 49.4 Å². The third-order valence-electron chi connectivity index (χ3n) is 3.01. The Kier molecular flexibility index (Phi) is 4.28. The van der Waals surface area contributed by atoms with Gasteiger partial charge in [-0.3, -0.25) is 0 Å². The largest absolute Gasteiger partial charge is 0.388 e. The van der Waals surface area contributed by atoms with E-state index in [-0.39, 0.29) is 0 Å². The molecule has 0 saturated heterocycles. The van der Waals surface area contributed by atoms with Crippen molar-refractivity contribution in [2.24, 2.45) is 0 Å². The van der Waals surface area contributed by atoms with Crippen molar-refractivity contribution in [3.05, 3.63) is 69.2 Å². The van der Waals surface area contributed by atoms with Crippen molar-refractivity contribution in [1.82, 2.24) is 0 Å². The molecule has 0 radical (unpaired) electrons. The topological polar surface area (TPSA) is 20.2 Å². The highest BCUT2D eigenvalue weighted by molar-refractivity contribution is 6.31. The van der Waals surface area contributed by atoms with Crippen LogP contribution in [-0.4, -0.2) is 5.11 Å². The first-order chi connectivity index (χ1) is 8.58. The zero-order valence-corrected chi connectivity index (χ0v) is 11.5. The van der Waals surface area contributed by atoms with Gasteiger partial charge in [-0.05, 0) is 41.8 Å². The summed E-state index contributed by atoms with van der Waals surface area (Å²) in [5.74, 6) is 0. The molecule has 0 bridgehead atoms. The van der Waals surface area contributed by atoms with Gasteiger partial charge in [0, 0.05) is 16.5 Å². The van der Waals surface area contributed by atoms with Crippen molar-refractivity contribution in [3.8, 4) is 0 Å². The van der Waals surface area contributed by atoms with Gasteiger partial charge in [-0.1, -0.05) is 47.5 Å². The summed E-state index contributed by atoms with van der Waals surface area (Å²) in [6.45, 7) is 1.92. The summed E-state index contributed by atoms with van der Waals surface area (Å²) in [4.78, 5) is 0. The van der Waals surface area contributed by atoms with Gasteiger partial charge in [-0.2, -0.15) is 0 Å². The number of rotatable bonds is 3. The highest BCUT2D eigenvalue weighted by Crippen LogP contribution is 2.26. The van der Waals surface area contributed by atoms with E-state index in [0.717, 1.165) is 16.7 Å². The Hall–Kier alpha value is -1.02. The molecule has 2 aromatic carbocycles. The second kappa shape index (κ2) is 5.75. The fourth-order valence-corrected chi connectivity index (χ4v) is 2.25. The average molecular weight is 281 g/mol. The summed E-state index contributed by atoms with van der Waals surface area (Å²) < 4.78 is 0. The van der Waals surface area contributed by atoms with Gasteiger partial charge < -0.3 is 5.11 Å². The Morgan fingerprint density at radius 3 is 2.39 bits per heavy atom. The minimum Gasteiger partial charge on any atom is -0.388 e. The Morgan fingerprint density at radius 1 is 1.06 bits per heavy atom. The third kappa shape index (κ3) is 3.05. The number of hydrogen-bond acceptors (Lipinski definition) is 1. The Bertz CT molecular complexity index is 535. The monoisotopic (exact) mass is 280 g/mol. The quantitative estimate of drug-likeness (QED) is 0.873. The minimum absolute atomic E-state index is 0.551. The van der Waals surface area contributed by atoms with Crippen molar-refractivity contribution < 1.29 is 5.11 Å². The number of halogens is 2. The lowest BCUT2D eigenvalue weighted by molar-refractivity contribution is 0.178. The Balaban J connectivity index is 2.19. The van der Waals surface area contributed by atoms with E-state index in [2.05, 4.69) is 0 Å². The Labute approximate surface area is 117 Å². The molecule has 0 spiro atoms. The van der Waals surface area contributed by atoms with Gasteiger partial charge in [0.05, 0.1) is 6.10 Å². The molecule has 0 aliphatic carbocycles. The first-order valence-electron chi connectivity index (χ1n) is 5.75. The van der Waals surface area contributed by atoms with Crippen molar-refractivity contribution in [3.63, 3.8) is 0 Å². The molecule has 0 aliphatic heterocycles. The van der Waals surface area contributed by atoms with Crippen LogP contribution >= 0.6 is 23.2 Å². The van der Waals surface area contributed by atoms with Gasteiger partial charge in [0.15, 0.2) is 0 Å². The number of benzene rings is 2. The van der Waals surface area contributed by atoms with Crippen molar-refractivity contribution in [2.75, 3.05) is 0 Å². The van der Waals surface area contributed by atoms with E-state index >= 15 is 0 Å². The van der Waals surface area contributed by atoms with E-state index in [9.17, 15) is 5.11 Å². The van der Waals surface area contributed by atoms with Crippen LogP contribution in [0.15, 0.2) is 42.5 Å². The molecule has 1 atom stereocenters. The normalized spacial score (nSPS) is 12.4. The second-order valence-electron chi connectivity index (χ2n) is 4.30. The third-order valence-corrected chi connectivity index (χ3v) is 3.67. The number of aliphatic hydroxyl groups excluding tert-OH is 1. The maximum atomic E-state index is 10.3. The fraction of sp³-hybridized carbons (Fsp3) is 0.200. The van der Waals surface area contributed by atoms with Gasteiger partial charge >= 0.3 is 0 Å². The van der Waals surface area contributed by atoms with Crippen LogP contribution in [0.4, 0.5) is 0 Å². The highest BCUT2D eigenvalue weighted by Gasteiger charge is 2.12. The first kappa shape index (κ1) is 13.4. The van der Waals surface area contributed by atoms with E-state index < -0.39 is 6.10 Å². The lowest BCUT2D eigenvalue weighted by Gasteiger charge is -2.14. The molecule has 0 aromatic heterocycles. The molecule has 0 heterocycles. The van der Waals surface area contributed by atoms with Gasteiger partial charge in [0.2, 0.25) is 0 Å². The lowest BCUT2D eigenvalue weighted by Crippen LogP contribution is -2.04. The van der Waals surface area contributed by atoms with Crippen molar-refractivity contribution >= 4 is 23.2 Å². The first-order valence-corrected chi connectivity index (χ1v) is 6.51. The molecule has 1 N–H and O–H groups in total. The number of aliphatic hydroxyl groups is 1. The standard InChI is InChI=1S/C15H14Cl2O/c1-10-13(3-2-4-14(10)17)15(18)9-11-5-7-12(16)8-6-11/h2-8,15,18H,9H2,1H3. The smallest absolute Gasteiger partial charge is 0.0833 e. The predicted octanol–water partition coefficient (Wildman–Crippen LogP) is 4.58. The van der Waals surface area contributed by atoms with Crippen LogP contribution < -0.4 is 0 Å². The van der Waals surface area contributed by atoms with Gasteiger partial charge in [-0.25, -0.2) is 0 Å². The number of hydrogen-bond donors (Lipinski definition) is 1. The zero-order chi connectivity index (χ0) is 13.1. The molecule has 18 heavy (non-hydrogen) atoms. The van der Waals surface area contributed by atoms with Crippen LogP contribution in [0.1, 0.15) is 22.8 Å².